The van der Waals surface area contributed by atoms with Crippen molar-refractivity contribution >= 4 is 27.7 Å². The summed E-state index contributed by atoms with van der Waals surface area (Å²) in [6, 6.07) is 11.4. The molecular formula is C15H15BrN2O2. The number of halogens is 1. The summed E-state index contributed by atoms with van der Waals surface area (Å²) in [6.07, 6.45) is 1.64. The minimum absolute atomic E-state index is 0.346. The SMILES string of the molecule is CCOC(=O)c1cccnc1NCc1cccc(Br)c1. The molecule has 0 radical (unpaired) electrons. The summed E-state index contributed by atoms with van der Waals surface area (Å²) in [5, 5.41) is 3.16. The molecule has 0 amide bonds. The number of hydrogen-bond acceptors (Lipinski definition) is 4. The summed E-state index contributed by atoms with van der Waals surface area (Å²) >= 11 is 3.43. The van der Waals surface area contributed by atoms with Crippen molar-refractivity contribution in [2.24, 2.45) is 0 Å². The highest BCUT2D eigenvalue weighted by atomic mass is 79.9. The highest BCUT2D eigenvalue weighted by Gasteiger charge is 2.12. The summed E-state index contributed by atoms with van der Waals surface area (Å²) in [5.41, 5.74) is 1.55. The van der Waals surface area contributed by atoms with Gasteiger partial charge in [0.25, 0.3) is 0 Å². The Morgan fingerprint density at radius 3 is 2.95 bits per heavy atom. The third-order valence-corrected chi connectivity index (χ3v) is 3.15. The number of aromatic nitrogens is 1. The van der Waals surface area contributed by atoms with Crippen LogP contribution in [0.25, 0.3) is 0 Å². The summed E-state index contributed by atoms with van der Waals surface area (Å²) in [6.45, 7) is 2.71. The van der Waals surface area contributed by atoms with Crippen molar-refractivity contribution in [3.8, 4) is 0 Å². The average molecular weight is 335 g/mol. The van der Waals surface area contributed by atoms with Crippen molar-refractivity contribution in [2.45, 2.75) is 13.5 Å². The molecule has 0 aliphatic rings. The van der Waals surface area contributed by atoms with Crippen LogP contribution in [0, 0.1) is 0 Å². The van der Waals surface area contributed by atoms with Crippen LogP contribution in [0.2, 0.25) is 0 Å². The minimum Gasteiger partial charge on any atom is -0.462 e. The molecule has 0 saturated carbocycles. The first-order valence-electron chi connectivity index (χ1n) is 6.31. The van der Waals surface area contributed by atoms with Gasteiger partial charge in [0, 0.05) is 17.2 Å². The van der Waals surface area contributed by atoms with Gasteiger partial charge in [-0.2, -0.15) is 0 Å². The van der Waals surface area contributed by atoms with E-state index in [2.05, 4.69) is 26.2 Å². The molecule has 1 aromatic carbocycles. The number of nitrogens with one attached hydrogen (secondary N) is 1. The normalized spacial score (nSPS) is 10.1. The van der Waals surface area contributed by atoms with Crippen LogP contribution in [-0.4, -0.2) is 17.6 Å². The smallest absolute Gasteiger partial charge is 0.341 e. The lowest BCUT2D eigenvalue weighted by Gasteiger charge is -2.10. The predicted molar refractivity (Wildman–Crippen MR) is 81.7 cm³/mol. The molecule has 0 unspecified atom stereocenters. The molecule has 0 saturated heterocycles. The largest absolute Gasteiger partial charge is 0.462 e. The average Bonchev–Trinajstić information content (AvgIpc) is 2.46. The van der Waals surface area contributed by atoms with E-state index in [1.54, 1.807) is 25.3 Å². The van der Waals surface area contributed by atoms with Gasteiger partial charge >= 0.3 is 5.97 Å². The van der Waals surface area contributed by atoms with Crippen molar-refractivity contribution in [1.29, 1.82) is 0 Å². The molecule has 0 aliphatic heterocycles. The van der Waals surface area contributed by atoms with E-state index in [1.165, 1.54) is 0 Å². The Morgan fingerprint density at radius 1 is 1.35 bits per heavy atom. The number of carbonyl (C=O) groups is 1. The Morgan fingerprint density at radius 2 is 2.20 bits per heavy atom. The number of rotatable bonds is 5. The third kappa shape index (κ3) is 3.81. The van der Waals surface area contributed by atoms with Crippen molar-refractivity contribution in [3.63, 3.8) is 0 Å². The molecule has 0 bridgehead atoms. The second-order valence-corrected chi connectivity index (χ2v) is 5.02. The van der Waals surface area contributed by atoms with Gasteiger partial charge < -0.3 is 10.1 Å². The molecule has 0 aliphatic carbocycles. The second-order valence-electron chi connectivity index (χ2n) is 4.10. The van der Waals surface area contributed by atoms with E-state index in [4.69, 9.17) is 4.74 Å². The lowest BCUT2D eigenvalue weighted by Crippen LogP contribution is -2.11. The summed E-state index contributed by atoms with van der Waals surface area (Å²) in [7, 11) is 0. The topological polar surface area (TPSA) is 51.2 Å². The van der Waals surface area contributed by atoms with E-state index < -0.39 is 0 Å². The lowest BCUT2D eigenvalue weighted by atomic mass is 10.2. The zero-order valence-electron chi connectivity index (χ0n) is 11.1. The Labute approximate surface area is 126 Å². The van der Waals surface area contributed by atoms with Crippen LogP contribution in [0.5, 0.6) is 0 Å². The first-order chi connectivity index (χ1) is 9.70. The number of esters is 1. The fraction of sp³-hybridized carbons (Fsp3) is 0.200. The molecule has 1 heterocycles. The molecule has 0 spiro atoms. The van der Waals surface area contributed by atoms with E-state index in [9.17, 15) is 4.79 Å². The first-order valence-corrected chi connectivity index (χ1v) is 7.10. The van der Waals surface area contributed by atoms with Gasteiger partial charge in [-0.3, -0.25) is 0 Å². The van der Waals surface area contributed by atoms with Gasteiger partial charge in [0.1, 0.15) is 11.4 Å². The van der Waals surface area contributed by atoms with E-state index in [0.29, 0.717) is 24.5 Å². The third-order valence-electron chi connectivity index (χ3n) is 2.65. The van der Waals surface area contributed by atoms with E-state index in [-0.39, 0.29) is 5.97 Å². The molecule has 1 N–H and O–H groups in total. The molecule has 20 heavy (non-hydrogen) atoms. The molecule has 0 atom stereocenters. The predicted octanol–water partition coefficient (Wildman–Crippen LogP) is 3.63. The number of benzene rings is 1. The van der Waals surface area contributed by atoms with E-state index >= 15 is 0 Å². The number of hydrogen-bond donors (Lipinski definition) is 1. The fourth-order valence-electron chi connectivity index (χ4n) is 1.75. The van der Waals surface area contributed by atoms with Crippen molar-refractivity contribution in [1.82, 2.24) is 4.98 Å². The van der Waals surface area contributed by atoms with Crippen molar-refractivity contribution in [3.05, 3.63) is 58.2 Å². The number of nitrogens with zero attached hydrogens (tertiary/aromatic N) is 1. The van der Waals surface area contributed by atoms with Crippen LogP contribution < -0.4 is 5.32 Å². The van der Waals surface area contributed by atoms with E-state index in [1.807, 2.05) is 24.3 Å². The number of ether oxygens (including phenoxy) is 1. The maximum atomic E-state index is 11.8. The number of carbonyl (C=O) groups excluding carboxylic acids is 1. The molecule has 2 aromatic rings. The van der Waals surface area contributed by atoms with Gasteiger partial charge in [0.15, 0.2) is 0 Å². The summed E-state index contributed by atoms with van der Waals surface area (Å²) in [5.74, 6) is 0.170. The molecule has 104 valence electrons. The van der Waals surface area contributed by atoms with Gasteiger partial charge in [-0.25, -0.2) is 9.78 Å². The summed E-state index contributed by atoms with van der Waals surface area (Å²) in [4.78, 5) is 16.0. The van der Waals surface area contributed by atoms with Crippen LogP contribution in [0.1, 0.15) is 22.8 Å². The van der Waals surface area contributed by atoms with Gasteiger partial charge in [0.05, 0.1) is 6.61 Å². The molecule has 5 heteroatoms. The molecule has 4 nitrogen and oxygen atoms in total. The quantitative estimate of drug-likeness (QED) is 0.848. The van der Waals surface area contributed by atoms with Crippen LogP contribution in [0.4, 0.5) is 5.82 Å². The molecular weight excluding hydrogens is 320 g/mol. The zero-order valence-corrected chi connectivity index (χ0v) is 12.7. The summed E-state index contributed by atoms with van der Waals surface area (Å²) < 4.78 is 6.03. The zero-order chi connectivity index (χ0) is 14.4. The van der Waals surface area contributed by atoms with E-state index in [0.717, 1.165) is 10.0 Å². The monoisotopic (exact) mass is 334 g/mol. The van der Waals surface area contributed by atoms with Crippen molar-refractivity contribution in [2.75, 3.05) is 11.9 Å². The molecule has 0 fully saturated rings. The van der Waals surface area contributed by atoms with Crippen molar-refractivity contribution < 1.29 is 9.53 Å². The molecule has 1 aromatic heterocycles. The second kappa shape index (κ2) is 7.05. The Kier molecular flexibility index (Phi) is 5.12. The maximum Gasteiger partial charge on any atom is 0.341 e. The van der Waals surface area contributed by atoms with Crippen LogP contribution in [-0.2, 0) is 11.3 Å². The lowest BCUT2D eigenvalue weighted by molar-refractivity contribution is 0.0527. The Bertz CT molecular complexity index is 602. The Hall–Kier alpha value is -1.88. The highest BCUT2D eigenvalue weighted by Crippen LogP contribution is 2.16. The van der Waals surface area contributed by atoms with Gasteiger partial charge in [-0.1, -0.05) is 28.1 Å². The van der Waals surface area contributed by atoms with Crippen LogP contribution >= 0.6 is 15.9 Å². The van der Waals surface area contributed by atoms with Gasteiger partial charge in [-0.05, 0) is 36.8 Å². The van der Waals surface area contributed by atoms with Gasteiger partial charge in [-0.15, -0.1) is 0 Å². The molecule has 2 rings (SSSR count). The first kappa shape index (κ1) is 14.5. The number of pyridine rings is 1. The minimum atomic E-state index is -0.364. The maximum absolute atomic E-state index is 11.8. The number of anilines is 1. The fourth-order valence-corrected chi connectivity index (χ4v) is 2.20. The van der Waals surface area contributed by atoms with Crippen LogP contribution in [0.15, 0.2) is 47.1 Å². The van der Waals surface area contributed by atoms with Crippen LogP contribution in [0.3, 0.4) is 0 Å². The van der Waals surface area contributed by atoms with Gasteiger partial charge in [0.2, 0.25) is 0 Å². The Balaban J connectivity index is 2.11. The highest BCUT2D eigenvalue weighted by molar-refractivity contribution is 9.10. The standard InChI is InChI=1S/C15H15BrN2O2/c1-2-20-15(19)13-7-4-8-17-14(13)18-10-11-5-3-6-12(16)9-11/h3-9H,2,10H2,1H3,(H,17,18).